The minimum atomic E-state index is -1.75. The van der Waals surface area contributed by atoms with Crippen molar-refractivity contribution < 1.29 is 49.5 Å². The summed E-state index contributed by atoms with van der Waals surface area (Å²) in [5, 5.41) is 56.1. The van der Waals surface area contributed by atoms with Crippen LogP contribution in [0, 0.1) is 12.8 Å². The van der Waals surface area contributed by atoms with E-state index < -0.39 is 84.1 Å². The third-order valence-electron chi connectivity index (χ3n) is 6.51. The van der Waals surface area contributed by atoms with Crippen LogP contribution in [0.5, 0.6) is 0 Å². The van der Waals surface area contributed by atoms with Crippen LogP contribution in [-0.2, 0) is 19.2 Å². The summed E-state index contributed by atoms with van der Waals surface area (Å²) in [7, 11) is 0. The van der Waals surface area contributed by atoms with Gasteiger partial charge in [0.05, 0.1) is 48.7 Å². The van der Waals surface area contributed by atoms with E-state index in [1.54, 1.807) is 0 Å². The number of nitrogens with two attached hydrogens (primary N) is 2. The maximum absolute atomic E-state index is 13.4. The van der Waals surface area contributed by atoms with E-state index in [1.165, 1.54) is 33.3 Å². The van der Waals surface area contributed by atoms with Crippen LogP contribution in [-0.4, -0.2) is 106 Å². The van der Waals surface area contributed by atoms with Crippen molar-refractivity contribution in [3.05, 3.63) is 35.3 Å². The van der Waals surface area contributed by atoms with Crippen molar-refractivity contribution in [2.45, 2.75) is 63.6 Å². The zero-order chi connectivity index (χ0) is 32.6. The first-order chi connectivity index (χ1) is 20.0. The fourth-order valence-corrected chi connectivity index (χ4v) is 3.80. The van der Waals surface area contributed by atoms with Gasteiger partial charge in [0, 0.05) is 12.1 Å². The number of nitrogens with zero attached hydrogens (tertiary/aromatic N) is 3. The van der Waals surface area contributed by atoms with E-state index in [0.717, 1.165) is 0 Å². The zero-order valence-corrected chi connectivity index (χ0v) is 23.4. The Labute approximate surface area is 244 Å². The van der Waals surface area contributed by atoms with Gasteiger partial charge in [0.2, 0.25) is 5.91 Å². The maximum atomic E-state index is 13.4. The zero-order valence-electron chi connectivity index (χ0n) is 23.4. The summed E-state index contributed by atoms with van der Waals surface area (Å²) in [5.74, 6) is -7.82. The number of nitrogen functional groups attached to an aromatic ring is 1. The number of aromatic nitrogens is 4. The molecule has 0 aliphatic carbocycles. The predicted molar refractivity (Wildman–Crippen MR) is 145 cm³/mol. The highest BCUT2D eigenvalue weighted by molar-refractivity contribution is 5.98. The third-order valence-corrected chi connectivity index (χ3v) is 6.51. The second-order valence-electron chi connectivity index (χ2n) is 9.76. The van der Waals surface area contributed by atoms with Crippen LogP contribution in [0.25, 0.3) is 0 Å². The fraction of sp³-hybridized carbons (Fsp3) is 0.500. The van der Waals surface area contributed by atoms with Crippen molar-refractivity contribution >= 4 is 35.5 Å². The quantitative estimate of drug-likeness (QED) is 0.0904. The van der Waals surface area contributed by atoms with Gasteiger partial charge in [-0.25, -0.2) is 15.0 Å². The van der Waals surface area contributed by atoms with E-state index >= 15 is 0 Å². The molecule has 19 heteroatoms. The predicted octanol–water partition coefficient (Wildman–Crippen LogP) is -2.97. The largest absolute Gasteiger partial charge is 0.481 e. The summed E-state index contributed by atoms with van der Waals surface area (Å²) >= 11 is 0. The number of nitrogens with one attached hydrogen (secondary N) is 4. The molecule has 2 amide bonds. The molecule has 2 aromatic heterocycles. The second kappa shape index (κ2) is 15.0. The van der Waals surface area contributed by atoms with Crippen LogP contribution in [0.15, 0.2) is 12.5 Å². The molecule has 43 heavy (non-hydrogen) atoms. The lowest BCUT2D eigenvalue weighted by Crippen LogP contribution is -2.55. The van der Waals surface area contributed by atoms with Crippen molar-refractivity contribution in [2.24, 2.45) is 11.7 Å². The second-order valence-corrected chi connectivity index (χ2v) is 9.76. The number of rotatable bonds is 16. The van der Waals surface area contributed by atoms with Crippen molar-refractivity contribution in [2.75, 3.05) is 12.3 Å². The number of hydrogen-bond acceptors (Lipinski definition) is 13. The maximum Gasteiger partial charge on any atom is 0.321 e. The molecule has 0 radical (unpaired) electrons. The number of carboxylic acid groups (broad SMARTS) is 3. The number of aliphatic carboxylic acids is 3. The molecule has 13 N–H and O–H groups in total. The van der Waals surface area contributed by atoms with E-state index in [0.29, 0.717) is 0 Å². The fourth-order valence-electron chi connectivity index (χ4n) is 3.80. The lowest BCUT2D eigenvalue weighted by Gasteiger charge is -2.28. The normalized spacial score (nSPS) is 16.1. The van der Waals surface area contributed by atoms with E-state index in [2.05, 4.69) is 35.9 Å². The topological polar surface area (TPSA) is 329 Å². The highest BCUT2D eigenvalue weighted by Gasteiger charge is 2.35. The molecule has 0 aliphatic rings. The number of hydrogen-bond donors (Lipinski definition) is 11. The summed E-state index contributed by atoms with van der Waals surface area (Å²) in [6, 6.07) is -5.51. The molecule has 0 saturated carbocycles. The molecule has 0 bridgehead atoms. The molecule has 2 aromatic rings. The van der Waals surface area contributed by atoms with E-state index in [9.17, 15) is 44.4 Å². The number of carbonyl (C=O) groups excluding carboxylic acids is 2. The van der Waals surface area contributed by atoms with E-state index in [-0.39, 0.29) is 29.4 Å². The summed E-state index contributed by atoms with van der Waals surface area (Å²) in [6.07, 6.45) is -1.48. The Hall–Kier alpha value is -4.72. The average Bonchev–Trinajstić information content (AvgIpc) is 3.48. The molecule has 236 valence electrons. The van der Waals surface area contributed by atoms with Crippen LogP contribution in [0.4, 0.5) is 5.82 Å². The molecule has 0 aromatic carbocycles. The molecule has 2 heterocycles. The highest BCUT2D eigenvalue weighted by Crippen LogP contribution is 2.21. The number of aliphatic hydroxyl groups excluding tert-OH is 2. The van der Waals surface area contributed by atoms with Crippen molar-refractivity contribution in [1.29, 1.82) is 0 Å². The number of carbonyl (C=O) groups is 5. The van der Waals surface area contributed by atoms with Gasteiger partial charge in [-0.15, -0.1) is 0 Å². The molecular weight excluding hydrogens is 574 g/mol. The molecule has 0 spiro atoms. The minimum Gasteiger partial charge on any atom is -0.481 e. The lowest BCUT2D eigenvalue weighted by atomic mass is 9.98. The summed E-state index contributed by atoms with van der Waals surface area (Å²) in [5.41, 5.74) is 11.1. The first-order valence-electron chi connectivity index (χ1n) is 12.8. The summed E-state index contributed by atoms with van der Waals surface area (Å²) in [4.78, 5) is 75.0. The molecule has 0 fully saturated rings. The van der Waals surface area contributed by atoms with Gasteiger partial charge in [0.25, 0.3) is 5.91 Å². The molecule has 0 saturated heterocycles. The SMILES string of the molecule is Cc1c(N)nc(C(CC(=O)O)NCC(N)C(=O)O)nc1C(=O)NC(C(=O)NC(C)C(O)C(C)C(=O)O)C(O)c1cnc[nH]1. The number of aromatic amines is 1. The third kappa shape index (κ3) is 9.13. The Morgan fingerprint density at radius 1 is 1.02 bits per heavy atom. The van der Waals surface area contributed by atoms with Crippen molar-refractivity contribution in [3.63, 3.8) is 0 Å². The first kappa shape index (κ1) is 34.5. The molecule has 7 atom stereocenters. The number of amides is 2. The summed E-state index contributed by atoms with van der Waals surface area (Å²) in [6.45, 7) is 3.56. The van der Waals surface area contributed by atoms with Crippen LogP contribution in [0.2, 0.25) is 0 Å². The van der Waals surface area contributed by atoms with Crippen LogP contribution >= 0.6 is 0 Å². The molecule has 2 rings (SSSR count). The van der Waals surface area contributed by atoms with Gasteiger partial charge in [0.1, 0.15) is 35.5 Å². The molecule has 0 aliphatic heterocycles. The molecular formula is C24H35N9O10. The van der Waals surface area contributed by atoms with Gasteiger partial charge < -0.3 is 57.9 Å². The van der Waals surface area contributed by atoms with Gasteiger partial charge in [-0.3, -0.25) is 24.0 Å². The van der Waals surface area contributed by atoms with E-state index in [4.69, 9.17) is 16.6 Å². The van der Waals surface area contributed by atoms with Gasteiger partial charge in [0.15, 0.2) is 0 Å². The smallest absolute Gasteiger partial charge is 0.321 e. The number of H-pyrrole nitrogens is 1. The summed E-state index contributed by atoms with van der Waals surface area (Å²) < 4.78 is 0. The van der Waals surface area contributed by atoms with Gasteiger partial charge in [-0.1, -0.05) is 0 Å². The van der Waals surface area contributed by atoms with Gasteiger partial charge in [-0.05, 0) is 20.8 Å². The van der Waals surface area contributed by atoms with Crippen LogP contribution < -0.4 is 27.4 Å². The van der Waals surface area contributed by atoms with Gasteiger partial charge >= 0.3 is 17.9 Å². The van der Waals surface area contributed by atoms with Crippen LogP contribution in [0.1, 0.15) is 60.0 Å². The van der Waals surface area contributed by atoms with E-state index in [1.807, 2.05) is 0 Å². The number of imidazole rings is 1. The number of anilines is 1. The monoisotopic (exact) mass is 609 g/mol. The van der Waals surface area contributed by atoms with Crippen molar-refractivity contribution in [3.8, 4) is 0 Å². The number of aliphatic hydroxyl groups is 2. The average molecular weight is 610 g/mol. The first-order valence-corrected chi connectivity index (χ1v) is 12.8. The Bertz CT molecular complexity index is 1320. The molecule has 19 nitrogen and oxygen atoms in total. The number of carboxylic acids is 3. The Balaban J connectivity index is 2.43. The lowest BCUT2D eigenvalue weighted by molar-refractivity contribution is -0.146. The molecule has 7 unspecified atom stereocenters. The van der Waals surface area contributed by atoms with Crippen LogP contribution in [0.3, 0.4) is 0 Å². The van der Waals surface area contributed by atoms with Gasteiger partial charge in [-0.2, -0.15) is 0 Å². The Morgan fingerprint density at radius 3 is 2.21 bits per heavy atom. The van der Waals surface area contributed by atoms with Crippen molar-refractivity contribution in [1.82, 2.24) is 35.9 Å². The Morgan fingerprint density at radius 2 is 1.67 bits per heavy atom. The Kier molecular flexibility index (Phi) is 12.0. The standard InChI is InChI=1S/C24H35N9O10/c1-8-15(31-20(33-19(8)26)12(4-14(34)35)28-5-11(25)24(42)43)21(38)32-16(18(37)13-6-27-7-29-13)22(39)30-10(3)17(36)9(2)23(40)41/h6-7,9-12,16-18,28,36-37H,4-5,25H2,1-3H3,(H,27,29)(H,30,39)(H,32,38)(H,34,35)(H,40,41)(H,42,43)(H2,26,31,33). The minimum absolute atomic E-state index is 0.0210. The highest BCUT2D eigenvalue weighted by atomic mass is 16.4.